The van der Waals surface area contributed by atoms with Gasteiger partial charge in [0.15, 0.2) is 0 Å². The van der Waals surface area contributed by atoms with E-state index >= 15 is 0 Å². The molecule has 1 nitrogen and oxygen atoms in total. The van der Waals surface area contributed by atoms with E-state index in [0.717, 1.165) is 17.7 Å². The van der Waals surface area contributed by atoms with Gasteiger partial charge in [-0.15, -0.1) is 0 Å². The molecule has 0 N–H and O–H groups in total. The Bertz CT molecular complexity index is 527. The van der Waals surface area contributed by atoms with Crippen molar-refractivity contribution in [1.29, 1.82) is 0 Å². The molecule has 3 heteroatoms. The van der Waals surface area contributed by atoms with Crippen LogP contribution in [0.1, 0.15) is 16.0 Å². The molecule has 0 heterocycles. The topological polar surface area (TPSA) is 9.23 Å². The smallest absolute Gasteiger partial charge is 0.127 e. The van der Waals surface area contributed by atoms with Gasteiger partial charge >= 0.3 is 0 Å². The average molecular weight is 309 g/mol. The van der Waals surface area contributed by atoms with E-state index in [-0.39, 0.29) is 10.6 Å². The maximum Gasteiger partial charge on any atom is 0.127 e. The predicted octanol–water partition coefficient (Wildman–Crippen LogP) is 4.51. The molecule has 2 aromatic rings. The summed E-state index contributed by atoms with van der Waals surface area (Å²) in [4.78, 5) is -0.0363. The van der Waals surface area contributed by atoms with Crippen molar-refractivity contribution in [2.75, 3.05) is 7.11 Å². The van der Waals surface area contributed by atoms with Gasteiger partial charge in [-0.1, -0.05) is 46.3 Å². The lowest BCUT2D eigenvalue weighted by atomic mass is 10.0. The van der Waals surface area contributed by atoms with E-state index in [0.29, 0.717) is 5.56 Å². The first kappa shape index (κ1) is 13.1. The quantitative estimate of drug-likeness (QED) is 0.755. The van der Waals surface area contributed by atoms with Gasteiger partial charge in [-0.3, -0.25) is 0 Å². The van der Waals surface area contributed by atoms with Crippen LogP contribution in [-0.4, -0.2) is 7.11 Å². The lowest BCUT2D eigenvalue weighted by Crippen LogP contribution is -1.98. The molecule has 0 bridgehead atoms. The molecule has 0 amide bonds. The van der Waals surface area contributed by atoms with Gasteiger partial charge < -0.3 is 4.74 Å². The molecule has 0 aliphatic rings. The third kappa shape index (κ3) is 3.10. The second kappa shape index (κ2) is 6.01. The number of rotatable bonds is 4. The molecule has 1 atom stereocenters. The van der Waals surface area contributed by atoms with E-state index in [1.807, 2.05) is 30.3 Å². The van der Waals surface area contributed by atoms with Crippen LogP contribution in [0, 0.1) is 5.82 Å². The fraction of sp³-hybridized carbons (Fsp3) is 0.200. The van der Waals surface area contributed by atoms with E-state index in [1.165, 1.54) is 6.07 Å². The molecule has 94 valence electrons. The number of methoxy groups -OCH3 is 1. The first-order chi connectivity index (χ1) is 8.70. The Hall–Kier alpha value is -1.35. The molecule has 0 aromatic heterocycles. The van der Waals surface area contributed by atoms with Crippen molar-refractivity contribution < 1.29 is 9.13 Å². The van der Waals surface area contributed by atoms with Crippen LogP contribution in [0.3, 0.4) is 0 Å². The van der Waals surface area contributed by atoms with Crippen LogP contribution in [-0.2, 0) is 6.42 Å². The number of ether oxygens (including phenoxy) is 1. The summed E-state index contributed by atoms with van der Waals surface area (Å²) in [5.41, 5.74) is 1.79. The Morgan fingerprint density at radius 1 is 1.17 bits per heavy atom. The summed E-state index contributed by atoms with van der Waals surface area (Å²) in [5.74, 6) is 0.642. The van der Waals surface area contributed by atoms with Gasteiger partial charge in [-0.2, -0.15) is 0 Å². The standard InChI is InChI=1S/C15H14BrFO/c1-18-12-6-4-5-11(9-12)10-14(16)13-7-2-3-8-15(13)17/h2-9,14H,10H2,1H3. The Morgan fingerprint density at radius 3 is 2.67 bits per heavy atom. The molecule has 0 saturated carbocycles. The predicted molar refractivity (Wildman–Crippen MR) is 74.8 cm³/mol. The van der Waals surface area contributed by atoms with Crippen LogP contribution in [0.5, 0.6) is 5.75 Å². The van der Waals surface area contributed by atoms with Crippen molar-refractivity contribution in [2.45, 2.75) is 11.2 Å². The molecule has 18 heavy (non-hydrogen) atoms. The van der Waals surface area contributed by atoms with E-state index < -0.39 is 0 Å². The summed E-state index contributed by atoms with van der Waals surface area (Å²) in [7, 11) is 1.64. The first-order valence-corrected chi connectivity index (χ1v) is 6.63. The number of hydrogen-bond donors (Lipinski definition) is 0. The van der Waals surface area contributed by atoms with Gasteiger partial charge in [0.2, 0.25) is 0 Å². The molecular weight excluding hydrogens is 295 g/mol. The molecule has 0 fully saturated rings. The zero-order valence-corrected chi connectivity index (χ0v) is 11.7. The Kier molecular flexibility index (Phi) is 4.37. The highest BCUT2D eigenvalue weighted by Gasteiger charge is 2.12. The summed E-state index contributed by atoms with van der Waals surface area (Å²) in [6, 6.07) is 14.6. The molecule has 0 aliphatic carbocycles. The van der Waals surface area contributed by atoms with Crippen molar-refractivity contribution in [3.05, 3.63) is 65.5 Å². The largest absolute Gasteiger partial charge is 0.497 e. The van der Waals surface area contributed by atoms with Gasteiger partial charge in [-0.05, 0) is 30.2 Å². The number of alkyl halides is 1. The third-order valence-electron chi connectivity index (χ3n) is 2.79. The van der Waals surface area contributed by atoms with Gasteiger partial charge in [0, 0.05) is 10.4 Å². The van der Waals surface area contributed by atoms with Gasteiger partial charge in [-0.25, -0.2) is 4.39 Å². The minimum Gasteiger partial charge on any atom is -0.497 e. The lowest BCUT2D eigenvalue weighted by molar-refractivity contribution is 0.414. The van der Waals surface area contributed by atoms with Crippen molar-refractivity contribution in [2.24, 2.45) is 0 Å². The molecule has 0 radical (unpaired) electrons. The highest BCUT2D eigenvalue weighted by atomic mass is 79.9. The van der Waals surface area contributed by atoms with E-state index in [1.54, 1.807) is 19.2 Å². The fourth-order valence-electron chi connectivity index (χ4n) is 1.85. The Morgan fingerprint density at radius 2 is 1.94 bits per heavy atom. The minimum absolute atomic E-state index is 0.0363. The van der Waals surface area contributed by atoms with Crippen LogP contribution >= 0.6 is 15.9 Å². The molecule has 0 saturated heterocycles. The molecule has 2 rings (SSSR count). The molecule has 2 aromatic carbocycles. The first-order valence-electron chi connectivity index (χ1n) is 5.72. The van der Waals surface area contributed by atoms with E-state index in [9.17, 15) is 4.39 Å². The molecule has 0 aliphatic heterocycles. The summed E-state index contributed by atoms with van der Waals surface area (Å²) in [5, 5.41) is 0. The van der Waals surface area contributed by atoms with E-state index in [4.69, 9.17) is 4.74 Å². The summed E-state index contributed by atoms with van der Waals surface area (Å²) in [6.45, 7) is 0. The van der Waals surface area contributed by atoms with Crippen molar-refractivity contribution in [3.8, 4) is 5.75 Å². The Balaban J connectivity index is 2.16. The van der Waals surface area contributed by atoms with Crippen LogP contribution in [0.15, 0.2) is 48.5 Å². The normalized spacial score (nSPS) is 12.2. The number of hydrogen-bond acceptors (Lipinski definition) is 1. The van der Waals surface area contributed by atoms with Crippen molar-refractivity contribution >= 4 is 15.9 Å². The SMILES string of the molecule is COc1cccc(CC(Br)c2ccccc2F)c1. The zero-order chi connectivity index (χ0) is 13.0. The van der Waals surface area contributed by atoms with Crippen molar-refractivity contribution in [1.82, 2.24) is 0 Å². The van der Waals surface area contributed by atoms with Crippen molar-refractivity contribution in [3.63, 3.8) is 0 Å². The summed E-state index contributed by atoms with van der Waals surface area (Å²) >= 11 is 3.54. The average Bonchev–Trinajstić information content (AvgIpc) is 2.39. The minimum atomic E-state index is -0.178. The van der Waals surface area contributed by atoms with Gasteiger partial charge in [0.1, 0.15) is 11.6 Å². The highest BCUT2D eigenvalue weighted by molar-refractivity contribution is 9.09. The van der Waals surface area contributed by atoms with Crippen LogP contribution < -0.4 is 4.74 Å². The number of benzene rings is 2. The monoisotopic (exact) mass is 308 g/mol. The van der Waals surface area contributed by atoms with Crippen LogP contribution in [0.2, 0.25) is 0 Å². The Labute approximate surface area is 115 Å². The number of halogens is 2. The lowest BCUT2D eigenvalue weighted by Gasteiger charge is -2.12. The van der Waals surface area contributed by atoms with Gasteiger partial charge in [0.25, 0.3) is 0 Å². The van der Waals surface area contributed by atoms with Gasteiger partial charge in [0.05, 0.1) is 7.11 Å². The molecule has 0 spiro atoms. The second-order valence-corrected chi connectivity index (χ2v) is 5.15. The maximum absolute atomic E-state index is 13.6. The van der Waals surface area contributed by atoms with E-state index in [2.05, 4.69) is 15.9 Å². The van der Waals surface area contributed by atoms with Crippen LogP contribution in [0.4, 0.5) is 4.39 Å². The fourth-order valence-corrected chi connectivity index (χ4v) is 2.59. The summed E-state index contributed by atoms with van der Waals surface area (Å²) < 4.78 is 18.8. The highest BCUT2D eigenvalue weighted by Crippen LogP contribution is 2.29. The summed E-state index contributed by atoms with van der Waals surface area (Å²) in [6.07, 6.45) is 0.720. The molecule has 1 unspecified atom stereocenters. The zero-order valence-electron chi connectivity index (χ0n) is 10.1. The maximum atomic E-state index is 13.6. The van der Waals surface area contributed by atoms with Crippen LogP contribution in [0.25, 0.3) is 0 Å². The molecular formula is C15H14BrFO. The second-order valence-electron chi connectivity index (χ2n) is 4.04. The third-order valence-corrected chi connectivity index (χ3v) is 3.61.